The fourth-order valence-electron chi connectivity index (χ4n) is 0.750. The second kappa shape index (κ2) is 6.05. The smallest absolute Gasteiger partial charge is 0.0383 e. The van der Waals surface area contributed by atoms with Crippen LogP contribution in [-0.2, 0) is 0 Å². The molecule has 0 aromatic carbocycles. The van der Waals surface area contributed by atoms with E-state index in [1.807, 2.05) is 0 Å². The number of rotatable bonds is 1. The zero-order valence-electron chi connectivity index (χ0n) is 7.33. The summed E-state index contributed by atoms with van der Waals surface area (Å²) >= 11 is 0. The van der Waals surface area contributed by atoms with Crippen molar-refractivity contribution in [3.05, 3.63) is 0 Å². The summed E-state index contributed by atoms with van der Waals surface area (Å²) in [5, 5.41) is 0. The minimum atomic E-state index is 0. The number of hydrogen-bond acceptors (Lipinski definition) is 2. The normalized spacial score (nSPS) is 9.33. The van der Waals surface area contributed by atoms with Crippen LogP contribution in [0.3, 0.4) is 0 Å². The summed E-state index contributed by atoms with van der Waals surface area (Å²) < 4.78 is 0. The van der Waals surface area contributed by atoms with E-state index in [0.29, 0.717) is 5.41 Å². The molecular weight excluding hydrogens is 112 g/mol. The van der Waals surface area contributed by atoms with Gasteiger partial charge < -0.3 is 12.3 Å². The molecule has 60 valence electrons. The third-order valence-electron chi connectivity index (χ3n) is 1.000. The Balaban J connectivity index is -0.000000180. The van der Waals surface area contributed by atoms with E-state index < -0.39 is 0 Å². The van der Waals surface area contributed by atoms with Crippen molar-refractivity contribution in [2.24, 2.45) is 5.41 Å². The summed E-state index contributed by atoms with van der Waals surface area (Å²) in [6.45, 7) is 9.05. The van der Waals surface area contributed by atoms with E-state index in [4.69, 9.17) is 0 Å². The fourth-order valence-corrected chi connectivity index (χ4v) is 0.750. The predicted octanol–water partition coefficient (Wildman–Crippen LogP) is 3.16. The van der Waals surface area contributed by atoms with E-state index in [1.54, 1.807) is 0 Å². The van der Waals surface area contributed by atoms with Crippen molar-refractivity contribution >= 4 is 0 Å². The van der Waals surface area contributed by atoms with Gasteiger partial charge in [-0.15, -0.1) is 0 Å². The molecular formula is C7H22N2. The molecule has 9 heavy (non-hydrogen) atoms. The molecule has 2 nitrogen and oxygen atoms in total. The third kappa shape index (κ3) is 18.1. The van der Waals surface area contributed by atoms with Gasteiger partial charge in [-0.1, -0.05) is 34.1 Å². The molecule has 0 aliphatic heterocycles. The Morgan fingerprint density at radius 1 is 1.00 bits per heavy atom. The number of hydrogen-bond donors (Lipinski definition) is 2. The molecule has 2 heteroatoms. The highest BCUT2D eigenvalue weighted by Gasteiger charge is 2.06. The van der Waals surface area contributed by atoms with Crippen LogP contribution in [0.2, 0.25) is 0 Å². The molecule has 0 rings (SSSR count). The maximum Gasteiger partial charge on any atom is -0.0383 e. The fraction of sp³-hybridized carbons (Fsp3) is 1.00. The van der Waals surface area contributed by atoms with Gasteiger partial charge in [0.05, 0.1) is 0 Å². The molecule has 0 saturated heterocycles. The lowest BCUT2D eigenvalue weighted by molar-refractivity contribution is 0.373. The van der Waals surface area contributed by atoms with Crippen molar-refractivity contribution in [3.8, 4) is 0 Å². The molecule has 0 fully saturated rings. The standard InChI is InChI=1S/C7H16.2H3N/c1-5-6-7(2,3)4;;/h5-6H2,1-4H3;2*1H3. The zero-order chi connectivity index (χ0) is 5.91. The first-order valence-electron chi connectivity index (χ1n) is 3.06. The molecule has 6 N–H and O–H groups in total. The van der Waals surface area contributed by atoms with Crippen LogP contribution in [0, 0.1) is 5.41 Å². The average Bonchev–Trinajstić information content (AvgIpc) is 1.30. The van der Waals surface area contributed by atoms with Gasteiger partial charge in [-0.05, 0) is 11.8 Å². The van der Waals surface area contributed by atoms with Gasteiger partial charge >= 0.3 is 0 Å². The summed E-state index contributed by atoms with van der Waals surface area (Å²) in [6.07, 6.45) is 2.65. The molecule has 0 atom stereocenters. The Hall–Kier alpha value is -0.0800. The van der Waals surface area contributed by atoms with E-state index in [1.165, 1.54) is 12.8 Å². The van der Waals surface area contributed by atoms with Gasteiger partial charge in [0, 0.05) is 0 Å². The van der Waals surface area contributed by atoms with Crippen LogP contribution in [0.4, 0.5) is 0 Å². The highest BCUT2D eigenvalue weighted by Crippen LogP contribution is 2.19. The minimum absolute atomic E-state index is 0. The van der Waals surface area contributed by atoms with Crippen molar-refractivity contribution in [1.29, 1.82) is 0 Å². The lowest BCUT2D eigenvalue weighted by Crippen LogP contribution is -2.02. The maximum atomic E-state index is 2.27. The third-order valence-corrected chi connectivity index (χ3v) is 1.000. The van der Waals surface area contributed by atoms with Crippen molar-refractivity contribution in [2.75, 3.05) is 0 Å². The Morgan fingerprint density at radius 2 is 1.33 bits per heavy atom. The Labute approximate surface area is 59.2 Å². The van der Waals surface area contributed by atoms with Crippen LogP contribution in [0.15, 0.2) is 0 Å². The van der Waals surface area contributed by atoms with Gasteiger partial charge in [0.15, 0.2) is 0 Å². The second-order valence-electron chi connectivity index (χ2n) is 3.31. The monoisotopic (exact) mass is 134 g/mol. The van der Waals surface area contributed by atoms with Crippen LogP contribution < -0.4 is 12.3 Å². The Morgan fingerprint density at radius 3 is 1.33 bits per heavy atom. The van der Waals surface area contributed by atoms with E-state index in [0.717, 1.165) is 0 Å². The first-order chi connectivity index (χ1) is 3.06. The van der Waals surface area contributed by atoms with Gasteiger partial charge in [0.1, 0.15) is 0 Å². The van der Waals surface area contributed by atoms with E-state index in [-0.39, 0.29) is 12.3 Å². The highest BCUT2D eigenvalue weighted by molar-refractivity contribution is 4.58. The predicted molar refractivity (Wildman–Crippen MR) is 44.4 cm³/mol. The lowest BCUT2D eigenvalue weighted by Gasteiger charge is -2.15. The van der Waals surface area contributed by atoms with Crippen molar-refractivity contribution in [1.82, 2.24) is 12.3 Å². The maximum absolute atomic E-state index is 2.27. The molecule has 0 aliphatic rings. The molecule has 0 amide bonds. The van der Waals surface area contributed by atoms with Crippen molar-refractivity contribution < 1.29 is 0 Å². The Kier molecular flexibility index (Phi) is 10.7. The minimum Gasteiger partial charge on any atom is -0.344 e. The van der Waals surface area contributed by atoms with Crippen LogP contribution >= 0.6 is 0 Å². The highest BCUT2D eigenvalue weighted by atomic mass is 14.1. The van der Waals surface area contributed by atoms with E-state index in [9.17, 15) is 0 Å². The molecule has 0 heterocycles. The second-order valence-corrected chi connectivity index (χ2v) is 3.31. The lowest BCUT2D eigenvalue weighted by atomic mass is 9.91. The van der Waals surface area contributed by atoms with Gasteiger partial charge in [0.25, 0.3) is 0 Å². The van der Waals surface area contributed by atoms with Gasteiger partial charge in [-0.3, -0.25) is 0 Å². The molecule has 0 aliphatic carbocycles. The molecule has 0 bridgehead atoms. The van der Waals surface area contributed by atoms with Crippen molar-refractivity contribution in [3.63, 3.8) is 0 Å². The largest absolute Gasteiger partial charge is 0.344 e. The first-order valence-corrected chi connectivity index (χ1v) is 3.06. The summed E-state index contributed by atoms with van der Waals surface area (Å²) in [5.74, 6) is 0. The molecule has 0 saturated carbocycles. The SMILES string of the molecule is CCCC(C)(C)C.N.N. The summed E-state index contributed by atoms with van der Waals surface area (Å²) in [4.78, 5) is 0. The quantitative estimate of drug-likeness (QED) is 0.578. The van der Waals surface area contributed by atoms with Gasteiger partial charge in [0.2, 0.25) is 0 Å². The van der Waals surface area contributed by atoms with Crippen LogP contribution in [-0.4, -0.2) is 0 Å². The van der Waals surface area contributed by atoms with Gasteiger partial charge in [-0.25, -0.2) is 0 Å². The first kappa shape index (κ1) is 16.0. The molecule has 0 aromatic rings. The van der Waals surface area contributed by atoms with Gasteiger partial charge in [-0.2, -0.15) is 0 Å². The van der Waals surface area contributed by atoms with Crippen LogP contribution in [0.25, 0.3) is 0 Å². The average molecular weight is 134 g/mol. The molecule has 0 spiro atoms. The topological polar surface area (TPSA) is 70.0 Å². The molecule has 0 radical (unpaired) electrons. The van der Waals surface area contributed by atoms with E-state index >= 15 is 0 Å². The molecule has 0 unspecified atom stereocenters. The van der Waals surface area contributed by atoms with Crippen LogP contribution in [0.1, 0.15) is 40.5 Å². The zero-order valence-corrected chi connectivity index (χ0v) is 7.33. The Bertz CT molecular complexity index is 45.4. The van der Waals surface area contributed by atoms with Crippen molar-refractivity contribution in [2.45, 2.75) is 40.5 Å². The summed E-state index contributed by atoms with van der Waals surface area (Å²) in [6, 6.07) is 0. The van der Waals surface area contributed by atoms with Crippen LogP contribution in [0.5, 0.6) is 0 Å². The summed E-state index contributed by atoms with van der Waals surface area (Å²) in [5.41, 5.74) is 0.550. The van der Waals surface area contributed by atoms with E-state index in [2.05, 4.69) is 27.7 Å². The molecule has 0 aromatic heterocycles. The summed E-state index contributed by atoms with van der Waals surface area (Å²) in [7, 11) is 0.